The van der Waals surface area contributed by atoms with Crippen LogP contribution in [0.15, 0.2) is 18.2 Å². The molecule has 0 bridgehead atoms. The lowest BCUT2D eigenvalue weighted by atomic mass is 9.78. The molecule has 0 aliphatic heterocycles. The van der Waals surface area contributed by atoms with Gasteiger partial charge in [0.25, 0.3) is 0 Å². The van der Waals surface area contributed by atoms with Crippen molar-refractivity contribution in [2.24, 2.45) is 11.8 Å². The Morgan fingerprint density at radius 1 is 1.24 bits per heavy atom. The molecule has 0 saturated heterocycles. The van der Waals surface area contributed by atoms with Gasteiger partial charge in [0.2, 0.25) is 0 Å². The van der Waals surface area contributed by atoms with Gasteiger partial charge in [0, 0.05) is 17.4 Å². The van der Waals surface area contributed by atoms with Crippen LogP contribution in [0.3, 0.4) is 0 Å². The minimum absolute atomic E-state index is 0.597. The lowest BCUT2D eigenvalue weighted by Crippen LogP contribution is -2.35. The summed E-state index contributed by atoms with van der Waals surface area (Å²) < 4.78 is 0. The third-order valence-electron chi connectivity index (χ3n) is 4.42. The summed E-state index contributed by atoms with van der Waals surface area (Å²) >= 11 is 0. The van der Waals surface area contributed by atoms with Gasteiger partial charge >= 0.3 is 0 Å². The SMILES string of the molecule is Cc1c(N)cccc1NC1CCCC(C)C1C. The van der Waals surface area contributed by atoms with E-state index in [1.54, 1.807) is 0 Å². The van der Waals surface area contributed by atoms with Gasteiger partial charge in [-0.25, -0.2) is 0 Å². The van der Waals surface area contributed by atoms with Crippen LogP contribution in [0, 0.1) is 18.8 Å². The number of anilines is 2. The second-order valence-corrected chi connectivity index (χ2v) is 5.54. The largest absolute Gasteiger partial charge is 0.398 e. The maximum absolute atomic E-state index is 5.95. The molecule has 2 nitrogen and oxygen atoms in total. The number of nitrogens with one attached hydrogen (secondary N) is 1. The number of nitrogens with two attached hydrogens (primary N) is 1. The minimum Gasteiger partial charge on any atom is -0.398 e. The first kappa shape index (κ1) is 12.3. The average Bonchev–Trinajstić information content (AvgIpc) is 2.31. The summed E-state index contributed by atoms with van der Waals surface area (Å²) in [5.74, 6) is 1.56. The van der Waals surface area contributed by atoms with Gasteiger partial charge in [-0.3, -0.25) is 0 Å². The van der Waals surface area contributed by atoms with Crippen LogP contribution in [-0.4, -0.2) is 6.04 Å². The fourth-order valence-electron chi connectivity index (χ4n) is 2.80. The van der Waals surface area contributed by atoms with Crippen LogP contribution < -0.4 is 11.1 Å². The van der Waals surface area contributed by atoms with Gasteiger partial charge in [-0.15, -0.1) is 0 Å². The van der Waals surface area contributed by atoms with E-state index in [9.17, 15) is 0 Å². The summed E-state index contributed by atoms with van der Waals surface area (Å²) in [6.45, 7) is 6.82. The van der Waals surface area contributed by atoms with E-state index in [0.717, 1.165) is 17.5 Å². The molecule has 3 atom stereocenters. The van der Waals surface area contributed by atoms with Crippen LogP contribution in [0.25, 0.3) is 0 Å². The Labute approximate surface area is 105 Å². The maximum Gasteiger partial charge on any atom is 0.0392 e. The van der Waals surface area contributed by atoms with E-state index < -0.39 is 0 Å². The van der Waals surface area contributed by atoms with Crippen molar-refractivity contribution in [3.63, 3.8) is 0 Å². The molecule has 0 spiro atoms. The van der Waals surface area contributed by atoms with Crippen LogP contribution in [0.1, 0.15) is 38.7 Å². The second-order valence-electron chi connectivity index (χ2n) is 5.54. The molecular formula is C15H24N2. The van der Waals surface area contributed by atoms with Crippen molar-refractivity contribution < 1.29 is 0 Å². The summed E-state index contributed by atoms with van der Waals surface area (Å²) in [5.41, 5.74) is 9.21. The van der Waals surface area contributed by atoms with Crippen molar-refractivity contribution in [2.75, 3.05) is 11.1 Å². The molecule has 1 aliphatic rings. The normalized spacial score (nSPS) is 29.0. The van der Waals surface area contributed by atoms with Gasteiger partial charge in [-0.05, 0) is 42.9 Å². The third-order valence-corrected chi connectivity index (χ3v) is 4.42. The molecule has 17 heavy (non-hydrogen) atoms. The van der Waals surface area contributed by atoms with Crippen LogP contribution in [-0.2, 0) is 0 Å². The van der Waals surface area contributed by atoms with Gasteiger partial charge < -0.3 is 11.1 Å². The lowest BCUT2D eigenvalue weighted by Gasteiger charge is -2.35. The quantitative estimate of drug-likeness (QED) is 0.761. The van der Waals surface area contributed by atoms with Gasteiger partial charge in [0.1, 0.15) is 0 Å². The first-order chi connectivity index (χ1) is 8.09. The van der Waals surface area contributed by atoms with E-state index >= 15 is 0 Å². The van der Waals surface area contributed by atoms with E-state index in [1.165, 1.54) is 30.5 Å². The monoisotopic (exact) mass is 232 g/mol. The van der Waals surface area contributed by atoms with Gasteiger partial charge in [0.15, 0.2) is 0 Å². The van der Waals surface area contributed by atoms with Crippen LogP contribution in [0.4, 0.5) is 11.4 Å². The van der Waals surface area contributed by atoms with Crippen molar-refractivity contribution in [1.82, 2.24) is 0 Å². The van der Waals surface area contributed by atoms with Crippen molar-refractivity contribution in [2.45, 2.75) is 46.1 Å². The molecule has 2 heteroatoms. The fourth-order valence-corrected chi connectivity index (χ4v) is 2.80. The Morgan fingerprint density at radius 2 is 2.00 bits per heavy atom. The fraction of sp³-hybridized carbons (Fsp3) is 0.600. The van der Waals surface area contributed by atoms with E-state index in [0.29, 0.717) is 6.04 Å². The Bertz CT molecular complexity index is 387. The predicted octanol–water partition coefficient (Wildman–Crippen LogP) is 3.81. The standard InChI is InChI=1S/C15H24N2/c1-10-6-4-8-14(11(10)2)17-15-9-5-7-13(16)12(15)3/h5,7,9-11,14,17H,4,6,8,16H2,1-3H3. The molecule has 1 fully saturated rings. The molecule has 0 radical (unpaired) electrons. The van der Waals surface area contributed by atoms with Crippen molar-refractivity contribution in [3.8, 4) is 0 Å². The van der Waals surface area contributed by atoms with E-state index in [-0.39, 0.29) is 0 Å². The first-order valence-electron chi connectivity index (χ1n) is 6.71. The summed E-state index contributed by atoms with van der Waals surface area (Å²) in [4.78, 5) is 0. The van der Waals surface area contributed by atoms with Crippen molar-refractivity contribution in [3.05, 3.63) is 23.8 Å². The zero-order valence-electron chi connectivity index (χ0n) is 11.2. The number of benzene rings is 1. The molecule has 0 aromatic heterocycles. The molecule has 94 valence electrons. The summed E-state index contributed by atoms with van der Waals surface area (Å²) in [6, 6.07) is 6.73. The summed E-state index contributed by atoms with van der Waals surface area (Å²) in [6.07, 6.45) is 3.99. The predicted molar refractivity (Wildman–Crippen MR) is 75.2 cm³/mol. The topological polar surface area (TPSA) is 38.0 Å². The highest BCUT2D eigenvalue weighted by atomic mass is 14.9. The molecule has 1 aromatic carbocycles. The Balaban J connectivity index is 2.12. The van der Waals surface area contributed by atoms with Gasteiger partial charge in [0.05, 0.1) is 0 Å². The summed E-state index contributed by atoms with van der Waals surface area (Å²) in [5, 5.41) is 3.69. The number of nitrogen functional groups attached to an aromatic ring is 1. The maximum atomic E-state index is 5.95. The molecule has 0 amide bonds. The Kier molecular flexibility index (Phi) is 3.60. The molecule has 1 aliphatic carbocycles. The Morgan fingerprint density at radius 3 is 2.76 bits per heavy atom. The number of rotatable bonds is 2. The van der Waals surface area contributed by atoms with E-state index in [4.69, 9.17) is 5.73 Å². The zero-order valence-corrected chi connectivity index (χ0v) is 11.2. The highest BCUT2D eigenvalue weighted by Crippen LogP contribution is 2.32. The molecule has 2 rings (SSSR count). The molecule has 3 unspecified atom stereocenters. The minimum atomic E-state index is 0.597. The van der Waals surface area contributed by atoms with Crippen molar-refractivity contribution in [1.29, 1.82) is 0 Å². The second kappa shape index (κ2) is 4.99. The van der Waals surface area contributed by atoms with Crippen LogP contribution in [0.2, 0.25) is 0 Å². The van der Waals surface area contributed by atoms with E-state index in [2.05, 4.69) is 32.2 Å². The first-order valence-corrected chi connectivity index (χ1v) is 6.71. The van der Waals surface area contributed by atoms with E-state index in [1.807, 2.05) is 12.1 Å². The van der Waals surface area contributed by atoms with Crippen LogP contribution in [0.5, 0.6) is 0 Å². The van der Waals surface area contributed by atoms with Gasteiger partial charge in [-0.2, -0.15) is 0 Å². The molecule has 3 N–H and O–H groups in total. The highest BCUT2D eigenvalue weighted by molar-refractivity contribution is 5.63. The Hall–Kier alpha value is -1.18. The molecule has 0 heterocycles. The number of hydrogen-bond donors (Lipinski definition) is 2. The smallest absolute Gasteiger partial charge is 0.0392 e. The van der Waals surface area contributed by atoms with Crippen LogP contribution >= 0.6 is 0 Å². The highest BCUT2D eigenvalue weighted by Gasteiger charge is 2.27. The van der Waals surface area contributed by atoms with Crippen molar-refractivity contribution >= 4 is 11.4 Å². The van der Waals surface area contributed by atoms with Gasteiger partial charge in [-0.1, -0.05) is 32.8 Å². The molecule has 1 aromatic rings. The summed E-state index contributed by atoms with van der Waals surface area (Å²) in [7, 11) is 0. The number of hydrogen-bond acceptors (Lipinski definition) is 2. The lowest BCUT2D eigenvalue weighted by molar-refractivity contribution is 0.253. The zero-order chi connectivity index (χ0) is 12.4. The molecule has 1 saturated carbocycles. The molecular weight excluding hydrogens is 208 g/mol. The third kappa shape index (κ3) is 2.56. The average molecular weight is 232 g/mol.